The number of hydrogen-bond donors (Lipinski definition) is 2. The Bertz CT molecular complexity index is 507. The highest BCUT2D eigenvalue weighted by Crippen LogP contribution is 2.31. The molecule has 23 heavy (non-hydrogen) atoms. The van der Waals surface area contributed by atoms with Crippen LogP contribution in [0, 0.1) is 0 Å². The molecule has 0 radical (unpaired) electrons. The fraction of sp³-hybridized carbons (Fsp3) is 0.533. The van der Waals surface area contributed by atoms with Crippen molar-refractivity contribution in [2.24, 2.45) is 0 Å². The van der Waals surface area contributed by atoms with Crippen molar-refractivity contribution in [3.8, 4) is 11.5 Å². The SMILES string of the molecule is CCCCCNC(=O)Nc1ccc(OC)c(OCC(F)(F)F)c1. The van der Waals surface area contributed by atoms with Gasteiger partial charge in [-0.05, 0) is 18.6 Å². The van der Waals surface area contributed by atoms with E-state index in [2.05, 4.69) is 17.6 Å². The van der Waals surface area contributed by atoms with Gasteiger partial charge in [-0.2, -0.15) is 13.2 Å². The lowest BCUT2D eigenvalue weighted by Gasteiger charge is -2.14. The molecule has 5 nitrogen and oxygen atoms in total. The number of alkyl halides is 3. The lowest BCUT2D eigenvalue weighted by atomic mass is 10.2. The minimum Gasteiger partial charge on any atom is -0.493 e. The van der Waals surface area contributed by atoms with Crippen LogP contribution in [-0.2, 0) is 0 Å². The summed E-state index contributed by atoms with van der Waals surface area (Å²) in [6.45, 7) is 1.16. The van der Waals surface area contributed by atoms with Crippen molar-refractivity contribution in [3.05, 3.63) is 18.2 Å². The predicted octanol–water partition coefficient (Wildman–Crippen LogP) is 3.95. The summed E-state index contributed by atoms with van der Waals surface area (Å²) < 4.78 is 46.4. The molecule has 2 N–H and O–H groups in total. The van der Waals surface area contributed by atoms with E-state index in [4.69, 9.17) is 9.47 Å². The number of hydrogen-bond acceptors (Lipinski definition) is 3. The Balaban J connectivity index is 2.63. The third-order valence-corrected chi connectivity index (χ3v) is 2.88. The number of rotatable bonds is 8. The largest absolute Gasteiger partial charge is 0.493 e. The van der Waals surface area contributed by atoms with Gasteiger partial charge in [-0.25, -0.2) is 4.79 Å². The van der Waals surface area contributed by atoms with Gasteiger partial charge in [0, 0.05) is 18.3 Å². The molecule has 0 atom stereocenters. The zero-order valence-electron chi connectivity index (χ0n) is 13.1. The highest BCUT2D eigenvalue weighted by atomic mass is 19.4. The zero-order valence-corrected chi connectivity index (χ0v) is 13.1. The number of carbonyl (C=O) groups excluding carboxylic acids is 1. The van der Waals surface area contributed by atoms with Crippen molar-refractivity contribution in [1.29, 1.82) is 0 Å². The molecule has 0 aliphatic rings. The molecule has 8 heteroatoms. The summed E-state index contributed by atoms with van der Waals surface area (Å²) in [4.78, 5) is 11.7. The second-order valence-corrected chi connectivity index (χ2v) is 4.86. The number of unbranched alkanes of at least 4 members (excludes halogenated alkanes) is 2. The van der Waals surface area contributed by atoms with Crippen LogP contribution in [0.4, 0.5) is 23.7 Å². The summed E-state index contributed by atoms with van der Waals surface area (Å²) in [7, 11) is 1.32. The normalized spacial score (nSPS) is 11.0. The number of methoxy groups -OCH3 is 1. The minimum absolute atomic E-state index is 0.0893. The Morgan fingerprint density at radius 1 is 1.22 bits per heavy atom. The van der Waals surface area contributed by atoms with Crippen LogP contribution >= 0.6 is 0 Å². The Hall–Kier alpha value is -2.12. The van der Waals surface area contributed by atoms with Crippen LogP contribution in [0.2, 0.25) is 0 Å². The van der Waals surface area contributed by atoms with Crippen molar-refractivity contribution in [2.45, 2.75) is 32.4 Å². The number of nitrogens with one attached hydrogen (secondary N) is 2. The number of anilines is 1. The molecule has 0 aromatic heterocycles. The minimum atomic E-state index is -4.45. The molecule has 1 aromatic rings. The number of ether oxygens (including phenoxy) is 2. The van der Waals surface area contributed by atoms with Gasteiger partial charge in [-0.1, -0.05) is 19.8 Å². The first-order valence-corrected chi connectivity index (χ1v) is 7.28. The van der Waals surface area contributed by atoms with E-state index in [0.717, 1.165) is 19.3 Å². The molecular formula is C15H21F3N2O3. The molecule has 2 amide bonds. The maximum absolute atomic E-state index is 12.2. The molecule has 0 fully saturated rings. The number of carbonyl (C=O) groups is 1. The number of amides is 2. The average Bonchev–Trinajstić information content (AvgIpc) is 2.49. The quantitative estimate of drug-likeness (QED) is 0.708. The first-order chi connectivity index (χ1) is 10.9. The summed E-state index contributed by atoms with van der Waals surface area (Å²) >= 11 is 0. The molecule has 0 aliphatic carbocycles. The fourth-order valence-electron chi connectivity index (χ4n) is 1.78. The molecule has 0 saturated heterocycles. The summed E-state index contributed by atoms with van der Waals surface area (Å²) in [5.74, 6) is 0.0664. The van der Waals surface area contributed by atoms with Crippen molar-refractivity contribution < 1.29 is 27.4 Å². The lowest BCUT2D eigenvalue weighted by Crippen LogP contribution is -2.29. The van der Waals surface area contributed by atoms with Gasteiger partial charge in [0.2, 0.25) is 0 Å². The Kier molecular flexibility index (Phi) is 7.50. The molecule has 0 heterocycles. The van der Waals surface area contributed by atoms with Crippen LogP contribution in [0.1, 0.15) is 26.2 Å². The van der Waals surface area contributed by atoms with Gasteiger partial charge in [0.1, 0.15) is 0 Å². The van der Waals surface area contributed by atoms with Crippen molar-refractivity contribution in [3.63, 3.8) is 0 Å². The third-order valence-electron chi connectivity index (χ3n) is 2.88. The Morgan fingerprint density at radius 2 is 1.96 bits per heavy atom. The Morgan fingerprint density at radius 3 is 2.57 bits per heavy atom. The highest BCUT2D eigenvalue weighted by molar-refractivity contribution is 5.89. The van der Waals surface area contributed by atoms with Crippen molar-refractivity contribution in [1.82, 2.24) is 5.32 Å². The van der Waals surface area contributed by atoms with Crippen LogP contribution in [0.15, 0.2) is 18.2 Å². The standard InChI is InChI=1S/C15H21F3N2O3/c1-3-4-5-8-19-14(21)20-11-6-7-12(22-2)13(9-11)23-10-15(16,17)18/h6-7,9H,3-5,8,10H2,1-2H3,(H2,19,20,21). The van der Waals surface area contributed by atoms with E-state index in [0.29, 0.717) is 12.2 Å². The van der Waals surface area contributed by atoms with Crippen LogP contribution < -0.4 is 20.1 Å². The first-order valence-electron chi connectivity index (χ1n) is 7.28. The first kappa shape index (κ1) is 18.9. The smallest absolute Gasteiger partial charge is 0.422 e. The summed E-state index contributed by atoms with van der Waals surface area (Å²) in [5, 5.41) is 5.21. The lowest BCUT2D eigenvalue weighted by molar-refractivity contribution is -0.153. The molecule has 0 unspecified atom stereocenters. The Labute approximate surface area is 133 Å². The molecular weight excluding hydrogens is 313 g/mol. The van der Waals surface area contributed by atoms with E-state index in [1.807, 2.05) is 0 Å². The van der Waals surface area contributed by atoms with Crippen LogP contribution in [0.25, 0.3) is 0 Å². The fourth-order valence-corrected chi connectivity index (χ4v) is 1.78. The topological polar surface area (TPSA) is 59.6 Å². The van der Waals surface area contributed by atoms with Crippen LogP contribution in [0.3, 0.4) is 0 Å². The van der Waals surface area contributed by atoms with E-state index in [1.54, 1.807) is 0 Å². The number of urea groups is 1. The molecule has 1 rings (SSSR count). The summed E-state index contributed by atoms with van der Waals surface area (Å²) in [6, 6.07) is 3.81. The number of benzene rings is 1. The molecule has 1 aromatic carbocycles. The van der Waals surface area contributed by atoms with Gasteiger partial charge in [-0.3, -0.25) is 0 Å². The van der Waals surface area contributed by atoms with E-state index < -0.39 is 18.8 Å². The van der Waals surface area contributed by atoms with Crippen LogP contribution in [-0.4, -0.2) is 32.5 Å². The zero-order chi connectivity index (χ0) is 17.3. The second-order valence-electron chi connectivity index (χ2n) is 4.86. The summed E-state index contributed by atoms with van der Waals surface area (Å²) in [6.07, 6.45) is -1.53. The van der Waals surface area contributed by atoms with Gasteiger partial charge < -0.3 is 20.1 Å². The van der Waals surface area contributed by atoms with Gasteiger partial charge >= 0.3 is 12.2 Å². The molecule has 0 spiro atoms. The predicted molar refractivity (Wildman–Crippen MR) is 81.1 cm³/mol. The molecule has 0 bridgehead atoms. The van der Waals surface area contributed by atoms with E-state index in [-0.39, 0.29) is 11.5 Å². The monoisotopic (exact) mass is 334 g/mol. The summed E-state index contributed by atoms with van der Waals surface area (Å²) in [5.41, 5.74) is 0.316. The van der Waals surface area contributed by atoms with Crippen molar-refractivity contribution in [2.75, 3.05) is 25.6 Å². The number of halogens is 3. The van der Waals surface area contributed by atoms with Gasteiger partial charge in [-0.15, -0.1) is 0 Å². The maximum Gasteiger partial charge on any atom is 0.422 e. The second kappa shape index (κ2) is 9.12. The van der Waals surface area contributed by atoms with E-state index >= 15 is 0 Å². The molecule has 0 aliphatic heterocycles. The maximum atomic E-state index is 12.2. The molecule has 130 valence electrons. The highest BCUT2D eigenvalue weighted by Gasteiger charge is 2.29. The third kappa shape index (κ3) is 7.62. The van der Waals surface area contributed by atoms with E-state index in [1.165, 1.54) is 25.3 Å². The van der Waals surface area contributed by atoms with Gasteiger partial charge in [0.15, 0.2) is 18.1 Å². The molecule has 0 saturated carbocycles. The van der Waals surface area contributed by atoms with Crippen LogP contribution in [0.5, 0.6) is 11.5 Å². The van der Waals surface area contributed by atoms with Gasteiger partial charge in [0.25, 0.3) is 0 Å². The van der Waals surface area contributed by atoms with E-state index in [9.17, 15) is 18.0 Å². The average molecular weight is 334 g/mol. The van der Waals surface area contributed by atoms with Crippen molar-refractivity contribution >= 4 is 11.7 Å². The van der Waals surface area contributed by atoms with Gasteiger partial charge in [0.05, 0.1) is 7.11 Å².